The second-order valence-corrected chi connectivity index (χ2v) is 10.9. The first-order chi connectivity index (χ1) is 19.8. The van der Waals surface area contributed by atoms with Gasteiger partial charge in [0.25, 0.3) is 5.91 Å². The molecule has 214 valence electrons. The minimum atomic E-state index is -0.411. The summed E-state index contributed by atoms with van der Waals surface area (Å²) in [6, 6.07) is 24.7. The number of para-hydroxylation sites is 2. The molecular formula is C33H38N4O4. The minimum absolute atomic E-state index is 0.136. The summed E-state index contributed by atoms with van der Waals surface area (Å²) in [5, 5.41) is 14.1. The molecule has 0 fully saturated rings. The Kier molecular flexibility index (Phi) is 8.42. The van der Waals surface area contributed by atoms with Crippen LogP contribution in [-0.2, 0) is 18.4 Å². The summed E-state index contributed by atoms with van der Waals surface area (Å²) in [5.41, 5.74) is 5.04. The largest absolute Gasteiger partial charge is 0.394 e. The number of carbonyl (C=O) groups is 2. The monoisotopic (exact) mass is 554 g/mol. The first-order valence-electron chi connectivity index (χ1n) is 14.1. The zero-order chi connectivity index (χ0) is 29.1. The van der Waals surface area contributed by atoms with Gasteiger partial charge in [-0.15, -0.1) is 0 Å². The summed E-state index contributed by atoms with van der Waals surface area (Å²) >= 11 is 0. The van der Waals surface area contributed by atoms with Crippen molar-refractivity contribution in [2.45, 2.75) is 32.6 Å². The number of aliphatic hydroxyl groups excluding tert-OH is 1. The van der Waals surface area contributed by atoms with Gasteiger partial charge < -0.3 is 29.5 Å². The SMILES string of the molecule is C[C@@H]1CN([C@H](C)CO)C(=O)c2c(c3ccccc3n2C)-c2ccccc2CO[C@@H]1CN(C)C(=O)Nc1ccccc1. The van der Waals surface area contributed by atoms with Crippen LogP contribution in [0.2, 0.25) is 0 Å². The molecule has 3 aromatic carbocycles. The topological polar surface area (TPSA) is 87.0 Å². The maximum Gasteiger partial charge on any atom is 0.321 e. The van der Waals surface area contributed by atoms with Crippen LogP contribution >= 0.6 is 0 Å². The molecule has 0 aliphatic carbocycles. The Labute approximate surface area is 241 Å². The van der Waals surface area contributed by atoms with Crippen molar-refractivity contribution < 1.29 is 19.4 Å². The fraction of sp³-hybridized carbons (Fsp3) is 0.333. The lowest BCUT2D eigenvalue weighted by atomic mass is 9.96. The van der Waals surface area contributed by atoms with Gasteiger partial charge in [-0.3, -0.25) is 4.79 Å². The molecule has 5 rings (SSSR count). The van der Waals surface area contributed by atoms with Crippen LogP contribution in [0.1, 0.15) is 29.9 Å². The van der Waals surface area contributed by atoms with Gasteiger partial charge in [-0.2, -0.15) is 0 Å². The second kappa shape index (κ2) is 12.2. The van der Waals surface area contributed by atoms with E-state index in [1.165, 1.54) is 0 Å². The van der Waals surface area contributed by atoms with E-state index in [2.05, 4.69) is 5.32 Å². The van der Waals surface area contributed by atoms with Gasteiger partial charge in [-0.05, 0) is 36.2 Å². The summed E-state index contributed by atoms with van der Waals surface area (Å²) in [4.78, 5) is 30.8. The van der Waals surface area contributed by atoms with Crippen molar-refractivity contribution in [3.05, 3.63) is 90.1 Å². The van der Waals surface area contributed by atoms with Crippen molar-refractivity contribution in [3.63, 3.8) is 0 Å². The molecule has 0 saturated carbocycles. The van der Waals surface area contributed by atoms with Crippen LogP contribution in [-0.4, -0.2) is 70.3 Å². The van der Waals surface area contributed by atoms with Crippen molar-refractivity contribution in [3.8, 4) is 11.1 Å². The number of ether oxygens (including phenoxy) is 1. The number of aryl methyl sites for hydroxylation is 1. The number of anilines is 1. The summed E-state index contributed by atoms with van der Waals surface area (Å²) in [6.45, 7) is 4.73. The summed E-state index contributed by atoms with van der Waals surface area (Å²) < 4.78 is 8.55. The number of hydrogen-bond acceptors (Lipinski definition) is 4. The number of benzene rings is 3. The van der Waals surface area contributed by atoms with Gasteiger partial charge in [0, 0.05) is 55.3 Å². The van der Waals surface area contributed by atoms with Crippen LogP contribution in [0.25, 0.3) is 22.0 Å². The van der Waals surface area contributed by atoms with E-state index in [-0.39, 0.29) is 30.6 Å². The standard InChI is InChI=1S/C33H38N4O4/c1-22-18-37(23(2)20-38)32(39)31-30(27-16-10-11-17-28(27)36(31)4)26-15-9-8-12-24(26)21-41-29(22)19-35(3)33(40)34-25-13-6-5-7-14-25/h5-17,22-23,29,38H,18-21H2,1-4H3,(H,34,40)/t22-,23-,29-/m1/s1. The Bertz CT molecular complexity index is 1530. The van der Waals surface area contributed by atoms with E-state index >= 15 is 0 Å². The van der Waals surface area contributed by atoms with Gasteiger partial charge in [0.2, 0.25) is 0 Å². The van der Waals surface area contributed by atoms with Crippen LogP contribution in [0.4, 0.5) is 10.5 Å². The number of fused-ring (bicyclic) bond motifs is 5. The Morgan fingerprint density at radius 2 is 1.76 bits per heavy atom. The predicted molar refractivity (Wildman–Crippen MR) is 162 cm³/mol. The van der Waals surface area contributed by atoms with E-state index in [4.69, 9.17) is 4.74 Å². The molecule has 2 heterocycles. The summed E-state index contributed by atoms with van der Waals surface area (Å²) in [7, 11) is 3.67. The number of amides is 3. The molecule has 0 bridgehead atoms. The second-order valence-electron chi connectivity index (χ2n) is 10.9. The van der Waals surface area contributed by atoms with Crippen molar-refractivity contribution in [1.29, 1.82) is 0 Å². The third-order valence-electron chi connectivity index (χ3n) is 8.05. The normalized spacial score (nSPS) is 18.3. The summed E-state index contributed by atoms with van der Waals surface area (Å²) in [6.07, 6.45) is -0.367. The lowest BCUT2D eigenvalue weighted by molar-refractivity contribution is -0.0179. The average Bonchev–Trinajstić information content (AvgIpc) is 3.28. The molecule has 4 aromatic rings. The lowest BCUT2D eigenvalue weighted by Gasteiger charge is -2.35. The highest BCUT2D eigenvalue weighted by molar-refractivity contribution is 6.10. The predicted octanol–water partition coefficient (Wildman–Crippen LogP) is 5.37. The molecule has 3 atom stereocenters. The molecule has 0 saturated heterocycles. The Hall–Kier alpha value is -4.14. The van der Waals surface area contributed by atoms with Crippen molar-refractivity contribution in [1.82, 2.24) is 14.4 Å². The van der Waals surface area contributed by atoms with Crippen molar-refractivity contribution in [2.75, 3.05) is 32.1 Å². The molecule has 0 unspecified atom stereocenters. The van der Waals surface area contributed by atoms with Crippen LogP contribution < -0.4 is 5.32 Å². The maximum atomic E-state index is 14.4. The van der Waals surface area contributed by atoms with Crippen LogP contribution in [0.15, 0.2) is 78.9 Å². The molecule has 0 radical (unpaired) electrons. The molecule has 8 heteroatoms. The van der Waals surface area contributed by atoms with E-state index in [0.29, 0.717) is 31.1 Å². The Morgan fingerprint density at radius 1 is 1.07 bits per heavy atom. The average molecular weight is 555 g/mol. The zero-order valence-corrected chi connectivity index (χ0v) is 24.1. The molecule has 3 amide bonds. The Morgan fingerprint density at radius 3 is 2.51 bits per heavy atom. The molecular weight excluding hydrogens is 516 g/mol. The first kappa shape index (κ1) is 28.4. The van der Waals surface area contributed by atoms with Crippen LogP contribution in [0.5, 0.6) is 0 Å². The molecule has 1 aromatic heterocycles. The lowest BCUT2D eigenvalue weighted by Crippen LogP contribution is -2.48. The van der Waals surface area contributed by atoms with Gasteiger partial charge in [0.1, 0.15) is 5.69 Å². The molecule has 2 N–H and O–H groups in total. The summed E-state index contributed by atoms with van der Waals surface area (Å²) in [5.74, 6) is -0.277. The van der Waals surface area contributed by atoms with Crippen LogP contribution in [0.3, 0.4) is 0 Å². The molecule has 1 aliphatic heterocycles. The highest BCUT2D eigenvalue weighted by Crippen LogP contribution is 2.38. The number of urea groups is 1. The fourth-order valence-electron chi connectivity index (χ4n) is 5.62. The van der Waals surface area contributed by atoms with Crippen LogP contribution in [0, 0.1) is 5.92 Å². The van der Waals surface area contributed by atoms with Crippen molar-refractivity contribution in [2.24, 2.45) is 13.0 Å². The number of nitrogens with zero attached hydrogens (tertiary/aromatic N) is 3. The third kappa shape index (κ3) is 5.71. The van der Waals surface area contributed by atoms with Gasteiger partial charge >= 0.3 is 6.03 Å². The van der Waals surface area contributed by atoms with E-state index in [1.54, 1.807) is 16.8 Å². The number of aliphatic hydroxyl groups is 1. The van der Waals surface area contributed by atoms with E-state index in [0.717, 1.165) is 27.6 Å². The van der Waals surface area contributed by atoms with Crippen molar-refractivity contribution >= 4 is 28.5 Å². The quantitative estimate of drug-likeness (QED) is 0.347. The number of nitrogens with one attached hydrogen (secondary N) is 1. The van der Waals surface area contributed by atoms with E-state index < -0.39 is 6.04 Å². The number of aromatic nitrogens is 1. The smallest absolute Gasteiger partial charge is 0.321 e. The first-order valence-corrected chi connectivity index (χ1v) is 14.1. The zero-order valence-electron chi connectivity index (χ0n) is 24.1. The number of hydrogen-bond donors (Lipinski definition) is 2. The third-order valence-corrected chi connectivity index (χ3v) is 8.05. The fourth-order valence-corrected chi connectivity index (χ4v) is 5.62. The molecule has 8 nitrogen and oxygen atoms in total. The van der Waals surface area contributed by atoms with Gasteiger partial charge in [0.15, 0.2) is 0 Å². The highest BCUT2D eigenvalue weighted by atomic mass is 16.5. The number of likely N-dealkylation sites (N-methyl/N-ethyl adjacent to an activating group) is 1. The van der Waals surface area contributed by atoms with E-state index in [1.807, 2.05) is 104 Å². The minimum Gasteiger partial charge on any atom is -0.394 e. The van der Waals surface area contributed by atoms with Gasteiger partial charge in [0.05, 0.1) is 25.4 Å². The van der Waals surface area contributed by atoms with E-state index in [9.17, 15) is 14.7 Å². The number of carbonyl (C=O) groups excluding carboxylic acids is 2. The van der Waals surface area contributed by atoms with Gasteiger partial charge in [-0.25, -0.2) is 4.79 Å². The Balaban J connectivity index is 1.55. The molecule has 41 heavy (non-hydrogen) atoms. The number of rotatable bonds is 5. The maximum absolute atomic E-state index is 14.4. The molecule has 1 aliphatic rings. The highest BCUT2D eigenvalue weighted by Gasteiger charge is 2.34. The molecule has 0 spiro atoms. The van der Waals surface area contributed by atoms with Gasteiger partial charge in [-0.1, -0.05) is 67.6 Å².